The van der Waals surface area contributed by atoms with Crippen molar-refractivity contribution in [3.8, 4) is 28.5 Å². The molecular weight excluding hydrogens is 755 g/mol. The normalized spacial score (nSPS) is 19.2. The fraction of sp³-hybridized carbons (Fsp3) is 0.543. The second kappa shape index (κ2) is 15.6. The van der Waals surface area contributed by atoms with Crippen molar-refractivity contribution < 1.29 is 32.5 Å². The molecule has 7 rings (SSSR count). The Kier molecular flexibility index (Phi) is 11.2. The number of methoxy groups -OCH3 is 1. The second-order valence-corrected chi connectivity index (χ2v) is 23.8. The van der Waals surface area contributed by atoms with Crippen molar-refractivity contribution in [1.29, 1.82) is 0 Å². The highest BCUT2D eigenvalue weighted by molar-refractivity contribution is 6.90. The lowest BCUT2D eigenvalue weighted by Crippen LogP contribution is -2.43. The molecule has 310 valence electrons. The highest BCUT2D eigenvalue weighted by Crippen LogP contribution is 2.60. The molecule has 3 atom stereocenters. The number of ether oxygens (including phenoxy) is 4. The molecule has 9 nitrogen and oxygen atoms in total. The Labute approximate surface area is 342 Å². The van der Waals surface area contributed by atoms with Gasteiger partial charge in [0.2, 0.25) is 0 Å². The summed E-state index contributed by atoms with van der Waals surface area (Å²) in [6, 6.07) is 6.60. The van der Waals surface area contributed by atoms with Crippen molar-refractivity contribution >= 4 is 41.6 Å². The van der Waals surface area contributed by atoms with E-state index in [9.17, 15) is 4.79 Å². The number of carbonyl (C=O) groups is 1. The molecule has 3 heterocycles. The van der Waals surface area contributed by atoms with Crippen LogP contribution in [0.2, 0.25) is 16.6 Å². The average molecular weight is 813 g/mol. The van der Waals surface area contributed by atoms with Crippen molar-refractivity contribution in [3.63, 3.8) is 0 Å². The van der Waals surface area contributed by atoms with Crippen LogP contribution in [-0.4, -0.2) is 73.0 Å². The van der Waals surface area contributed by atoms with Gasteiger partial charge in [0, 0.05) is 37.1 Å². The van der Waals surface area contributed by atoms with E-state index in [-0.39, 0.29) is 53.7 Å². The van der Waals surface area contributed by atoms with Crippen LogP contribution in [0.25, 0.3) is 38.7 Å². The SMILES string of the molecule is C=C(OCC)c1nc(-c2cc(OCOC)cc3ccc(F)c(C#C[Si](C(C)C)(C(C)C)C(C)C)c23)c(F)c2c1c(C1[C@H]3CN(C(=O)OC(C)(C)C)C[C@@H]13)nn2C1CC1. The smallest absolute Gasteiger partial charge is 0.410 e. The molecule has 2 aliphatic carbocycles. The Balaban J connectivity index is 1.46. The number of fused-ring (bicyclic) bond motifs is 3. The first-order chi connectivity index (χ1) is 27.4. The largest absolute Gasteiger partial charge is 0.492 e. The van der Waals surface area contributed by atoms with Crippen LogP contribution < -0.4 is 4.74 Å². The third-order valence-corrected chi connectivity index (χ3v) is 18.6. The van der Waals surface area contributed by atoms with E-state index in [1.54, 1.807) is 23.1 Å². The number of hydrogen-bond donors (Lipinski definition) is 0. The van der Waals surface area contributed by atoms with E-state index in [0.29, 0.717) is 75.0 Å². The number of halogens is 2. The average Bonchev–Trinajstić information content (AvgIpc) is 4.03. The van der Waals surface area contributed by atoms with E-state index in [1.807, 2.05) is 32.4 Å². The number of pyridine rings is 1. The maximum Gasteiger partial charge on any atom is 0.410 e. The van der Waals surface area contributed by atoms with Crippen LogP contribution >= 0.6 is 0 Å². The molecule has 3 aliphatic rings. The summed E-state index contributed by atoms with van der Waals surface area (Å²) in [6.07, 6.45) is 1.39. The molecule has 0 bridgehead atoms. The van der Waals surface area contributed by atoms with Crippen LogP contribution in [0.5, 0.6) is 5.75 Å². The van der Waals surface area contributed by atoms with Crippen LogP contribution in [0.1, 0.15) is 111 Å². The Hall–Kier alpha value is -4.47. The maximum absolute atomic E-state index is 17.9. The molecule has 2 aromatic carbocycles. The molecule has 1 amide bonds. The van der Waals surface area contributed by atoms with Gasteiger partial charge in [-0.25, -0.2) is 18.6 Å². The van der Waals surface area contributed by atoms with Gasteiger partial charge < -0.3 is 23.8 Å². The number of piperidine rings is 1. The summed E-state index contributed by atoms with van der Waals surface area (Å²) in [5, 5.41) is 6.82. The van der Waals surface area contributed by atoms with Gasteiger partial charge in [-0.2, -0.15) is 5.10 Å². The highest BCUT2D eigenvalue weighted by atomic mass is 28.3. The summed E-state index contributed by atoms with van der Waals surface area (Å²) in [5.41, 5.74) is 6.06. The third kappa shape index (κ3) is 7.38. The van der Waals surface area contributed by atoms with Crippen LogP contribution in [0, 0.1) is 34.9 Å². The minimum atomic E-state index is -2.30. The van der Waals surface area contributed by atoms with Crippen molar-refractivity contribution in [1.82, 2.24) is 19.7 Å². The zero-order valence-corrected chi connectivity index (χ0v) is 36.9. The zero-order chi connectivity index (χ0) is 42.0. The predicted molar refractivity (Wildman–Crippen MR) is 227 cm³/mol. The van der Waals surface area contributed by atoms with E-state index in [4.69, 9.17) is 29.0 Å². The van der Waals surface area contributed by atoms with Gasteiger partial charge in [-0.3, -0.25) is 4.68 Å². The summed E-state index contributed by atoms with van der Waals surface area (Å²) in [5.74, 6) is 3.30. The summed E-state index contributed by atoms with van der Waals surface area (Å²) in [4.78, 5) is 19.8. The lowest BCUT2D eigenvalue weighted by atomic mass is 9.95. The Bertz CT molecular complexity index is 2300. The number of aromatic nitrogens is 3. The number of benzene rings is 2. The molecule has 1 aliphatic heterocycles. The van der Waals surface area contributed by atoms with Crippen LogP contribution in [0.15, 0.2) is 30.8 Å². The molecule has 1 saturated heterocycles. The first-order valence-corrected chi connectivity index (χ1v) is 23.0. The second-order valence-electron chi connectivity index (χ2n) is 18.2. The fourth-order valence-electron chi connectivity index (χ4n) is 9.61. The number of likely N-dealkylation sites (tertiary alicyclic amines) is 1. The topological polar surface area (TPSA) is 87.9 Å². The van der Waals surface area contributed by atoms with Gasteiger partial charge in [-0.1, -0.05) is 60.1 Å². The molecule has 1 unspecified atom stereocenters. The molecule has 58 heavy (non-hydrogen) atoms. The summed E-state index contributed by atoms with van der Waals surface area (Å²) in [6.45, 7) is 26.4. The molecule has 2 saturated carbocycles. The summed E-state index contributed by atoms with van der Waals surface area (Å²) in [7, 11) is -0.772. The number of amides is 1. The Morgan fingerprint density at radius 3 is 2.24 bits per heavy atom. The monoisotopic (exact) mass is 812 g/mol. The quantitative estimate of drug-likeness (QED) is 0.0609. The zero-order valence-electron chi connectivity index (χ0n) is 35.9. The predicted octanol–water partition coefficient (Wildman–Crippen LogP) is 11.0. The van der Waals surface area contributed by atoms with E-state index in [2.05, 4.69) is 59.6 Å². The first-order valence-electron chi connectivity index (χ1n) is 20.8. The van der Waals surface area contributed by atoms with E-state index in [0.717, 1.165) is 18.5 Å². The maximum atomic E-state index is 17.9. The minimum absolute atomic E-state index is 0.00343. The molecule has 0 spiro atoms. The van der Waals surface area contributed by atoms with Crippen molar-refractivity contribution in [2.45, 2.75) is 116 Å². The number of carbonyl (C=O) groups excluding carboxylic acids is 1. The lowest BCUT2D eigenvalue weighted by molar-refractivity contribution is 0.0270. The van der Waals surface area contributed by atoms with E-state index < -0.39 is 25.3 Å². The van der Waals surface area contributed by atoms with Crippen molar-refractivity contribution in [2.24, 2.45) is 11.8 Å². The van der Waals surface area contributed by atoms with Crippen molar-refractivity contribution in [3.05, 3.63) is 59.4 Å². The molecule has 0 N–H and O–H groups in total. The van der Waals surface area contributed by atoms with Gasteiger partial charge >= 0.3 is 6.09 Å². The molecule has 4 aromatic rings. The molecule has 2 aromatic heterocycles. The van der Waals surface area contributed by atoms with Gasteiger partial charge in [0.1, 0.15) is 47.9 Å². The Morgan fingerprint density at radius 2 is 1.67 bits per heavy atom. The molecule has 12 heteroatoms. The fourth-order valence-corrected chi connectivity index (χ4v) is 14.8. The standard InChI is InChI=1S/C46H58F2N4O5Si/c1-13-55-28(8)41-39-43(38-34-22-51(23-35(34)38)45(53)57-46(9,10)11)50-52(30-15-16-30)44(39)40(48)42(49-41)33-21-31(56-24-54-12)20-29-14-17-36(47)32(37(29)33)18-19-58(25(2)3,26(4)5)27(6)7/h14,17,20-21,25-27,30,34-35,38H,8,13,15-16,22-24H2,1-7,9-12H3/t34-,35+,38?. The molecule has 3 fully saturated rings. The Morgan fingerprint density at radius 1 is 1.02 bits per heavy atom. The summed E-state index contributed by atoms with van der Waals surface area (Å²) >= 11 is 0. The lowest BCUT2D eigenvalue weighted by Gasteiger charge is -2.38. The van der Waals surface area contributed by atoms with Crippen molar-refractivity contribution in [2.75, 3.05) is 33.6 Å². The van der Waals surface area contributed by atoms with Crippen LogP contribution in [0.4, 0.5) is 13.6 Å². The van der Waals surface area contributed by atoms with Gasteiger partial charge in [0.05, 0.1) is 29.3 Å². The van der Waals surface area contributed by atoms with Gasteiger partial charge in [-0.05, 0) is 92.6 Å². The number of hydrogen-bond acceptors (Lipinski definition) is 7. The van der Waals surface area contributed by atoms with Gasteiger partial charge in [0.15, 0.2) is 12.6 Å². The third-order valence-electron chi connectivity index (χ3n) is 12.4. The first kappa shape index (κ1) is 41.7. The highest BCUT2D eigenvalue weighted by Gasteiger charge is 2.60. The van der Waals surface area contributed by atoms with Gasteiger partial charge in [-0.15, -0.1) is 5.54 Å². The van der Waals surface area contributed by atoms with Crippen LogP contribution in [0.3, 0.4) is 0 Å². The molecular formula is C46H58F2N4O5Si. The number of rotatable bonds is 12. The number of nitrogens with zero attached hydrogens (tertiary/aromatic N) is 4. The van der Waals surface area contributed by atoms with Gasteiger partial charge in [0.25, 0.3) is 0 Å². The van der Waals surface area contributed by atoms with E-state index >= 15 is 8.78 Å². The summed E-state index contributed by atoms with van der Waals surface area (Å²) < 4.78 is 59.0. The van der Waals surface area contributed by atoms with Crippen LogP contribution in [-0.2, 0) is 14.2 Å². The molecule has 0 radical (unpaired) electrons. The van der Waals surface area contributed by atoms with E-state index in [1.165, 1.54) is 13.2 Å². The minimum Gasteiger partial charge on any atom is -0.492 e.